The first-order chi connectivity index (χ1) is 16.7. The van der Waals surface area contributed by atoms with Gasteiger partial charge in [0, 0.05) is 30.3 Å². The third-order valence-electron chi connectivity index (χ3n) is 6.71. The lowest BCUT2D eigenvalue weighted by Gasteiger charge is -2.37. The topological polar surface area (TPSA) is 167 Å². The van der Waals surface area contributed by atoms with Gasteiger partial charge in [-0.05, 0) is 37.2 Å². The molecular weight excluding hydrogens is 488 g/mol. The molecule has 1 saturated heterocycles. The summed E-state index contributed by atoms with van der Waals surface area (Å²) in [5.74, 6) is 0. The maximum absolute atomic E-state index is 13.0. The van der Waals surface area contributed by atoms with Gasteiger partial charge in [0.1, 0.15) is 18.0 Å². The third kappa shape index (κ3) is 6.06. The maximum atomic E-state index is 13.0. The van der Waals surface area contributed by atoms with Crippen molar-refractivity contribution in [1.82, 2.24) is 9.55 Å². The molecule has 1 aliphatic heterocycles. The van der Waals surface area contributed by atoms with E-state index in [4.69, 9.17) is 9.16 Å². The van der Waals surface area contributed by atoms with Crippen LogP contribution in [0.3, 0.4) is 0 Å². The molecule has 1 fully saturated rings. The van der Waals surface area contributed by atoms with E-state index >= 15 is 0 Å². The molecule has 196 valence electrons. The number of rotatable bonds is 8. The van der Waals surface area contributed by atoms with Crippen molar-refractivity contribution in [2.45, 2.75) is 70.6 Å². The summed E-state index contributed by atoms with van der Waals surface area (Å²) in [6.45, 7) is 12.2. The summed E-state index contributed by atoms with van der Waals surface area (Å²) < 4.78 is 13.6. The van der Waals surface area contributed by atoms with Crippen molar-refractivity contribution in [3.05, 3.63) is 72.2 Å². The molecule has 3 rings (SSSR count). The van der Waals surface area contributed by atoms with E-state index in [0.29, 0.717) is 16.1 Å². The quantitative estimate of drug-likeness (QED) is 0.175. The van der Waals surface area contributed by atoms with Crippen LogP contribution in [0.1, 0.15) is 39.0 Å². The van der Waals surface area contributed by atoms with E-state index in [1.54, 1.807) is 6.92 Å². The zero-order valence-electron chi connectivity index (χ0n) is 21.2. The number of nitrogens with one attached hydrogen (secondary N) is 2. The van der Waals surface area contributed by atoms with Crippen LogP contribution in [0.4, 0.5) is 11.4 Å². The molecule has 14 heteroatoms. The Hall–Kier alpha value is -3.36. The van der Waals surface area contributed by atoms with Crippen LogP contribution >= 0.6 is 0 Å². The van der Waals surface area contributed by atoms with Crippen LogP contribution in [-0.4, -0.2) is 46.4 Å². The zero-order valence-corrected chi connectivity index (χ0v) is 22.2. The summed E-state index contributed by atoms with van der Waals surface area (Å²) in [4.78, 5) is 37.2. The average molecular weight is 521 g/mol. The molecule has 3 unspecified atom stereocenters. The van der Waals surface area contributed by atoms with Crippen LogP contribution in [0.5, 0.6) is 0 Å². The van der Waals surface area contributed by atoms with E-state index < -0.39 is 42.9 Å². The number of ether oxygens (including phenoxy) is 1. The SMILES string of the molecule is Cc1cn(C2CC([N+]([O-])=NNc3ccc([N+](=O)[O-])cc3)C(CO[Si](C)(C)C(C)(C)C)O2)c(=O)[nH]c1=O. The van der Waals surface area contributed by atoms with E-state index in [-0.39, 0.29) is 23.8 Å². The maximum Gasteiger partial charge on any atom is 0.330 e. The number of hydrogen-bond donors (Lipinski definition) is 2. The molecule has 2 N–H and O–H groups in total. The minimum atomic E-state index is -2.17. The lowest BCUT2D eigenvalue weighted by atomic mass is 10.1. The Morgan fingerprint density at radius 3 is 2.47 bits per heavy atom. The molecule has 2 aromatic rings. The monoisotopic (exact) mass is 520 g/mol. The van der Waals surface area contributed by atoms with E-state index in [0.717, 1.165) is 0 Å². The number of hydroxylamine groups is 1. The number of aryl methyl sites for hydroxylation is 1. The van der Waals surface area contributed by atoms with Gasteiger partial charge in [-0.3, -0.25) is 24.5 Å². The molecule has 0 saturated carbocycles. The Bertz CT molecular complexity index is 1250. The Labute approximate surface area is 208 Å². The van der Waals surface area contributed by atoms with Crippen LogP contribution < -0.4 is 16.7 Å². The van der Waals surface area contributed by atoms with Gasteiger partial charge < -0.3 is 14.4 Å². The van der Waals surface area contributed by atoms with Gasteiger partial charge in [-0.2, -0.15) is 4.86 Å². The third-order valence-corrected chi connectivity index (χ3v) is 11.2. The van der Waals surface area contributed by atoms with Gasteiger partial charge in [-0.1, -0.05) is 20.8 Å². The number of non-ortho nitro benzene ring substituents is 1. The number of hydrogen-bond acceptors (Lipinski definition) is 8. The summed E-state index contributed by atoms with van der Waals surface area (Å²) in [5.41, 5.74) is 2.10. The number of H-pyrrole nitrogens is 1. The molecule has 2 heterocycles. The fourth-order valence-electron chi connectivity index (χ4n) is 3.41. The average Bonchev–Trinajstić information content (AvgIpc) is 3.22. The highest BCUT2D eigenvalue weighted by molar-refractivity contribution is 6.74. The van der Waals surface area contributed by atoms with Gasteiger partial charge in [0.25, 0.3) is 11.2 Å². The number of aromatic nitrogens is 2. The van der Waals surface area contributed by atoms with Crippen molar-refractivity contribution in [2.24, 2.45) is 5.22 Å². The summed E-state index contributed by atoms with van der Waals surface area (Å²) in [5, 5.41) is 27.7. The minimum Gasteiger partial charge on any atom is -0.696 e. The van der Waals surface area contributed by atoms with Gasteiger partial charge in [0.2, 0.25) is 0 Å². The van der Waals surface area contributed by atoms with E-state index in [9.17, 15) is 24.9 Å². The molecule has 0 spiro atoms. The standard InChI is InChI=1S/C22H32N6O7Si/c1-14-12-26(21(30)23-20(14)29)19-11-17(18(35-19)13-34-36(5,6)22(2,3)4)27(31)25-24-15-7-9-16(10-8-15)28(32)33/h7-10,12,17-19,24H,11,13H2,1-6H3,(H,23,29,30). The van der Waals surface area contributed by atoms with E-state index in [1.165, 1.54) is 35.0 Å². The highest BCUT2D eigenvalue weighted by Gasteiger charge is 2.44. The van der Waals surface area contributed by atoms with Gasteiger partial charge >= 0.3 is 5.69 Å². The van der Waals surface area contributed by atoms with Gasteiger partial charge in [0.15, 0.2) is 14.4 Å². The van der Waals surface area contributed by atoms with Crippen LogP contribution in [-0.2, 0) is 9.16 Å². The van der Waals surface area contributed by atoms with E-state index in [2.05, 4.69) is 49.5 Å². The Kier molecular flexibility index (Phi) is 7.81. The highest BCUT2D eigenvalue weighted by atomic mass is 28.4. The molecule has 0 aliphatic carbocycles. The van der Waals surface area contributed by atoms with Crippen LogP contribution in [0, 0.1) is 22.2 Å². The normalized spacial score (nSPS) is 20.9. The van der Waals surface area contributed by atoms with Crippen molar-refractivity contribution >= 4 is 19.7 Å². The number of aromatic amines is 1. The predicted molar refractivity (Wildman–Crippen MR) is 134 cm³/mol. The summed E-state index contributed by atoms with van der Waals surface area (Å²) in [6.07, 6.45) is 0.00743. The molecule has 1 aliphatic rings. The molecule has 13 nitrogen and oxygen atoms in total. The number of nitrogens with zero attached hydrogens (tertiary/aromatic N) is 4. The Morgan fingerprint density at radius 1 is 1.25 bits per heavy atom. The van der Waals surface area contributed by atoms with Crippen LogP contribution in [0.2, 0.25) is 18.1 Å². The largest absolute Gasteiger partial charge is 0.696 e. The minimum absolute atomic E-state index is 0.0630. The number of nitro benzene ring substituents is 1. The lowest BCUT2D eigenvalue weighted by molar-refractivity contribution is -0.571. The lowest BCUT2D eigenvalue weighted by Crippen LogP contribution is -2.45. The molecule has 1 aromatic heterocycles. The summed E-state index contributed by atoms with van der Waals surface area (Å²) in [7, 11) is -2.17. The van der Waals surface area contributed by atoms with Gasteiger partial charge in [0.05, 0.1) is 16.8 Å². The summed E-state index contributed by atoms with van der Waals surface area (Å²) in [6, 6.07) is 4.66. The van der Waals surface area contributed by atoms with Crippen molar-refractivity contribution in [1.29, 1.82) is 0 Å². The fourth-order valence-corrected chi connectivity index (χ4v) is 4.43. The van der Waals surface area contributed by atoms with Crippen molar-refractivity contribution in [2.75, 3.05) is 12.0 Å². The molecular formula is C22H32N6O7Si. The van der Waals surface area contributed by atoms with Crippen molar-refractivity contribution < 1.29 is 18.9 Å². The zero-order chi connectivity index (χ0) is 26.8. The Morgan fingerprint density at radius 2 is 1.89 bits per heavy atom. The molecule has 0 radical (unpaired) electrons. The van der Waals surface area contributed by atoms with Crippen molar-refractivity contribution in [3.63, 3.8) is 0 Å². The van der Waals surface area contributed by atoms with Crippen LogP contribution in [0.25, 0.3) is 0 Å². The second-order valence-corrected chi connectivity index (χ2v) is 15.1. The number of nitro groups is 1. The molecule has 0 bridgehead atoms. The number of benzene rings is 1. The number of anilines is 1. The van der Waals surface area contributed by atoms with E-state index in [1.807, 2.05) is 0 Å². The summed E-state index contributed by atoms with van der Waals surface area (Å²) >= 11 is 0. The first-order valence-corrected chi connectivity index (χ1v) is 14.4. The van der Waals surface area contributed by atoms with Gasteiger partial charge in [-0.15, -0.1) is 5.43 Å². The molecule has 1 aromatic carbocycles. The first-order valence-electron chi connectivity index (χ1n) is 11.5. The molecule has 36 heavy (non-hydrogen) atoms. The fraction of sp³-hybridized carbons (Fsp3) is 0.545. The second kappa shape index (κ2) is 10.3. The van der Waals surface area contributed by atoms with Crippen LogP contribution in [0.15, 0.2) is 45.3 Å². The molecule has 0 amide bonds. The highest BCUT2D eigenvalue weighted by Crippen LogP contribution is 2.38. The second-order valence-electron chi connectivity index (χ2n) is 10.3. The molecule has 3 atom stereocenters. The van der Waals surface area contributed by atoms with Gasteiger partial charge in [-0.25, -0.2) is 4.79 Å². The first kappa shape index (κ1) is 27.2. The smallest absolute Gasteiger partial charge is 0.330 e. The Balaban J connectivity index is 1.85. The van der Waals surface area contributed by atoms with Crippen molar-refractivity contribution in [3.8, 4) is 0 Å². The predicted octanol–water partition coefficient (Wildman–Crippen LogP) is 3.42.